The van der Waals surface area contributed by atoms with Crippen molar-refractivity contribution in [2.75, 3.05) is 0 Å². The number of rotatable bonds is 4. The van der Waals surface area contributed by atoms with Crippen molar-refractivity contribution in [3.63, 3.8) is 0 Å². The number of nitrogens with zero attached hydrogens (tertiary/aromatic N) is 6. The largest absolute Gasteiger partial charge is 0.249 e. The Morgan fingerprint density at radius 2 is 1.95 bits per heavy atom. The second-order valence-corrected chi connectivity index (χ2v) is 5.51. The van der Waals surface area contributed by atoms with Gasteiger partial charge in [0.05, 0.1) is 0 Å². The van der Waals surface area contributed by atoms with Crippen molar-refractivity contribution in [1.29, 1.82) is 0 Å². The Balaban J connectivity index is 1.82. The zero-order chi connectivity index (χ0) is 13.9. The third kappa shape index (κ3) is 2.72. The highest BCUT2D eigenvalue weighted by Gasteiger charge is 2.07. The van der Waals surface area contributed by atoms with Gasteiger partial charge in [-0.2, -0.15) is 10.2 Å². The van der Waals surface area contributed by atoms with Crippen molar-refractivity contribution in [3.05, 3.63) is 46.3 Å². The van der Waals surface area contributed by atoms with Crippen LogP contribution in [-0.2, 0) is 13.1 Å². The molecule has 20 heavy (non-hydrogen) atoms. The van der Waals surface area contributed by atoms with Crippen molar-refractivity contribution < 1.29 is 0 Å². The maximum absolute atomic E-state index is 4.48. The van der Waals surface area contributed by atoms with Crippen LogP contribution in [0.5, 0.6) is 0 Å². The van der Waals surface area contributed by atoms with E-state index in [1.165, 1.54) is 3.57 Å². The highest BCUT2D eigenvalue weighted by molar-refractivity contribution is 14.1. The molecular formula is C13H13IN6. The van der Waals surface area contributed by atoms with E-state index in [4.69, 9.17) is 0 Å². The second-order valence-electron chi connectivity index (χ2n) is 4.26. The van der Waals surface area contributed by atoms with E-state index < -0.39 is 0 Å². The molecule has 0 amide bonds. The molecule has 6 nitrogen and oxygen atoms in total. The molecule has 0 aliphatic heterocycles. The second kappa shape index (κ2) is 5.70. The number of benzene rings is 1. The molecule has 0 atom stereocenters. The Labute approximate surface area is 130 Å². The Bertz CT molecular complexity index is 700. The van der Waals surface area contributed by atoms with Crippen LogP contribution in [-0.4, -0.2) is 29.5 Å². The van der Waals surface area contributed by atoms with Gasteiger partial charge in [-0.25, -0.2) is 19.3 Å². The smallest absolute Gasteiger partial charge is 0.181 e. The van der Waals surface area contributed by atoms with Crippen LogP contribution < -0.4 is 0 Å². The summed E-state index contributed by atoms with van der Waals surface area (Å²) in [6, 6.07) is 8.14. The summed E-state index contributed by atoms with van der Waals surface area (Å²) in [5, 5.41) is 8.63. The molecule has 3 aromatic rings. The number of hydrogen-bond acceptors (Lipinski definition) is 4. The first-order valence-electron chi connectivity index (χ1n) is 6.28. The molecule has 1 aromatic carbocycles. The summed E-state index contributed by atoms with van der Waals surface area (Å²) in [6.07, 6.45) is 3.29. The number of hydrogen-bond donors (Lipinski definition) is 0. The van der Waals surface area contributed by atoms with Crippen molar-refractivity contribution >= 4 is 22.6 Å². The van der Waals surface area contributed by atoms with Crippen LogP contribution in [0.15, 0.2) is 36.9 Å². The first-order valence-corrected chi connectivity index (χ1v) is 7.36. The summed E-state index contributed by atoms with van der Waals surface area (Å²) in [5.41, 5.74) is 1.01. The first-order chi connectivity index (χ1) is 9.76. The number of aromatic nitrogens is 6. The number of aryl methyl sites for hydroxylation is 1. The lowest BCUT2D eigenvalue weighted by Crippen LogP contribution is -2.09. The van der Waals surface area contributed by atoms with Crippen LogP contribution in [0.3, 0.4) is 0 Å². The standard InChI is InChI=1S/C13H13IN6/c1-2-20-12(15-8-17-20)7-19-9-16-13(18-19)10-3-5-11(14)6-4-10/h3-6,8-9H,2,7H2,1H3. The van der Waals surface area contributed by atoms with E-state index >= 15 is 0 Å². The fourth-order valence-corrected chi connectivity index (χ4v) is 2.28. The van der Waals surface area contributed by atoms with E-state index in [9.17, 15) is 0 Å². The molecule has 3 rings (SSSR count). The topological polar surface area (TPSA) is 61.4 Å². The zero-order valence-corrected chi connectivity index (χ0v) is 13.1. The molecular weight excluding hydrogens is 367 g/mol. The quantitative estimate of drug-likeness (QED) is 0.652. The molecule has 0 saturated heterocycles. The highest BCUT2D eigenvalue weighted by Crippen LogP contribution is 2.16. The normalized spacial score (nSPS) is 10.9. The molecule has 0 aliphatic rings. The molecule has 7 heteroatoms. The van der Waals surface area contributed by atoms with Gasteiger partial charge in [0.25, 0.3) is 0 Å². The fraction of sp³-hybridized carbons (Fsp3) is 0.231. The molecule has 0 fully saturated rings. The van der Waals surface area contributed by atoms with Gasteiger partial charge in [0, 0.05) is 15.7 Å². The van der Waals surface area contributed by atoms with E-state index in [1.807, 2.05) is 35.9 Å². The molecule has 0 N–H and O–H groups in total. The lowest BCUT2D eigenvalue weighted by Gasteiger charge is -2.02. The Morgan fingerprint density at radius 1 is 1.15 bits per heavy atom. The zero-order valence-electron chi connectivity index (χ0n) is 10.9. The molecule has 0 saturated carbocycles. The summed E-state index contributed by atoms with van der Waals surface area (Å²) in [6.45, 7) is 3.41. The van der Waals surface area contributed by atoms with Gasteiger partial charge >= 0.3 is 0 Å². The lowest BCUT2D eigenvalue weighted by atomic mass is 10.2. The van der Waals surface area contributed by atoms with Crippen molar-refractivity contribution in [2.45, 2.75) is 20.0 Å². The van der Waals surface area contributed by atoms with Gasteiger partial charge in [0.2, 0.25) is 0 Å². The summed E-state index contributed by atoms with van der Waals surface area (Å²) in [7, 11) is 0. The fourth-order valence-electron chi connectivity index (χ4n) is 1.92. The summed E-state index contributed by atoms with van der Waals surface area (Å²) >= 11 is 2.28. The van der Waals surface area contributed by atoms with E-state index in [-0.39, 0.29) is 0 Å². The minimum atomic E-state index is 0.575. The van der Waals surface area contributed by atoms with Gasteiger partial charge in [-0.05, 0) is 41.6 Å². The average Bonchev–Trinajstić information content (AvgIpc) is 3.09. The van der Waals surface area contributed by atoms with Crippen LogP contribution >= 0.6 is 22.6 Å². The Kier molecular flexibility index (Phi) is 3.77. The molecule has 0 spiro atoms. The van der Waals surface area contributed by atoms with Crippen LogP contribution in [0.25, 0.3) is 11.4 Å². The van der Waals surface area contributed by atoms with Crippen LogP contribution in [0.1, 0.15) is 12.7 Å². The minimum absolute atomic E-state index is 0.575. The van der Waals surface area contributed by atoms with E-state index in [0.717, 1.165) is 23.8 Å². The average molecular weight is 380 g/mol. The van der Waals surface area contributed by atoms with Gasteiger partial charge in [-0.3, -0.25) is 0 Å². The summed E-state index contributed by atoms with van der Waals surface area (Å²) in [4.78, 5) is 8.58. The molecule has 2 heterocycles. The first kappa shape index (κ1) is 13.2. The third-order valence-electron chi connectivity index (χ3n) is 2.94. The van der Waals surface area contributed by atoms with Gasteiger partial charge in [-0.1, -0.05) is 12.1 Å². The molecule has 2 aromatic heterocycles. The van der Waals surface area contributed by atoms with Gasteiger partial charge in [0.1, 0.15) is 25.0 Å². The van der Waals surface area contributed by atoms with Gasteiger partial charge < -0.3 is 0 Å². The monoisotopic (exact) mass is 380 g/mol. The van der Waals surface area contributed by atoms with Crippen LogP contribution in [0.4, 0.5) is 0 Å². The maximum Gasteiger partial charge on any atom is 0.181 e. The highest BCUT2D eigenvalue weighted by atomic mass is 127. The van der Waals surface area contributed by atoms with Crippen molar-refractivity contribution in [1.82, 2.24) is 29.5 Å². The van der Waals surface area contributed by atoms with Crippen molar-refractivity contribution in [2.24, 2.45) is 0 Å². The van der Waals surface area contributed by atoms with E-state index in [1.54, 1.807) is 17.3 Å². The van der Waals surface area contributed by atoms with E-state index in [2.05, 4.69) is 42.8 Å². The summed E-state index contributed by atoms with van der Waals surface area (Å²) in [5.74, 6) is 1.61. The SMILES string of the molecule is CCn1ncnc1Cn1cnc(-c2ccc(I)cc2)n1. The number of halogens is 1. The van der Waals surface area contributed by atoms with Gasteiger partial charge in [-0.15, -0.1) is 0 Å². The molecule has 0 aliphatic carbocycles. The summed E-state index contributed by atoms with van der Waals surface area (Å²) < 4.78 is 4.83. The Hall–Kier alpha value is -1.77. The predicted molar refractivity (Wildman–Crippen MR) is 83.0 cm³/mol. The third-order valence-corrected chi connectivity index (χ3v) is 3.66. The predicted octanol–water partition coefficient (Wildman–Crippen LogP) is 2.21. The lowest BCUT2D eigenvalue weighted by molar-refractivity contribution is 0.567. The van der Waals surface area contributed by atoms with Crippen LogP contribution in [0, 0.1) is 3.57 Å². The maximum atomic E-state index is 4.48. The molecule has 0 radical (unpaired) electrons. The molecule has 0 unspecified atom stereocenters. The van der Waals surface area contributed by atoms with Gasteiger partial charge in [0.15, 0.2) is 5.82 Å². The Morgan fingerprint density at radius 3 is 2.70 bits per heavy atom. The molecule has 0 bridgehead atoms. The van der Waals surface area contributed by atoms with Crippen LogP contribution in [0.2, 0.25) is 0 Å². The van der Waals surface area contributed by atoms with Crippen molar-refractivity contribution in [3.8, 4) is 11.4 Å². The van der Waals surface area contributed by atoms with E-state index in [0.29, 0.717) is 6.54 Å². The minimum Gasteiger partial charge on any atom is -0.249 e. The molecule has 102 valence electrons.